The molecule has 0 radical (unpaired) electrons. The van der Waals surface area contributed by atoms with Gasteiger partial charge in [-0.25, -0.2) is 4.39 Å². The number of benzene rings is 2. The maximum absolute atomic E-state index is 13.4. The van der Waals surface area contributed by atoms with Crippen molar-refractivity contribution in [3.05, 3.63) is 71.5 Å². The second-order valence-corrected chi connectivity index (χ2v) is 4.76. The summed E-state index contributed by atoms with van der Waals surface area (Å²) in [5, 5.41) is 0. The van der Waals surface area contributed by atoms with Crippen LogP contribution in [0.3, 0.4) is 0 Å². The molecule has 0 bridgehead atoms. The van der Waals surface area contributed by atoms with E-state index in [1.54, 1.807) is 12.1 Å². The first-order valence-electron chi connectivity index (χ1n) is 6.28. The summed E-state index contributed by atoms with van der Waals surface area (Å²) < 4.78 is 19.0. The summed E-state index contributed by atoms with van der Waals surface area (Å²) in [6, 6.07) is 16.8. The molecule has 1 atom stereocenters. The molecule has 19 heavy (non-hydrogen) atoms. The van der Waals surface area contributed by atoms with Crippen LogP contribution >= 0.6 is 12.6 Å². The van der Waals surface area contributed by atoms with E-state index in [4.69, 9.17) is 4.74 Å². The van der Waals surface area contributed by atoms with E-state index in [0.29, 0.717) is 24.5 Å². The Labute approximate surface area is 118 Å². The highest BCUT2D eigenvalue weighted by Crippen LogP contribution is 2.18. The Bertz CT molecular complexity index is 501. The third-order valence-corrected chi connectivity index (χ3v) is 3.47. The van der Waals surface area contributed by atoms with E-state index in [2.05, 4.69) is 24.8 Å². The van der Waals surface area contributed by atoms with Gasteiger partial charge in [0.05, 0.1) is 13.2 Å². The standard InChI is InChI=1S/C16H17FOS/c17-16-9-5-4-8-14(16)10-18-11-15(12-19)13-6-2-1-3-7-13/h1-9,15,19H,10-12H2. The molecule has 0 aliphatic rings. The van der Waals surface area contributed by atoms with Crippen LogP contribution in [-0.4, -0.2) is 12.4 Å². The minimum absolute atomic E-state index is 0.218. The van der Waals surface area contributed by atoms with Gasteiger partial charge in [0.2, 0.25) is 0 Å². The van der Waals surface area contributed by atoms with Gasteiger partial charge in [0.1, 0.15) is 5.82 Å². The van der Waals surface area contributed by atoms with Crippen LogP contribution in [0.5, 0.6) is 0 Å². The predicted molar refractivity (Wildman–Crippen MR) is 79.1 cm³/mol. The van der Waals surface area contributed by atoms with Gasteiger partial charge in [-0.15, -0.1) is 0 Å². The quantitative estimate of drug-likeness (QED) is 0.783. The van der Waals surface area contributed by atoms with Crippen LogP contribution in [0.25, 0.3) is 0 Å². The maximum atomic E-state index is 13.4. The van der Waals surface area contributed by atoms with Gasteiger partial charge in [-0.1, -0.05) is 48.5 Å². The average molecular weight is 276 g/mol. The van der Waals surface area contributed by atoms with Crippen LogP contribution in [0.4, 0.5) is 4.39 Å². The monoisotopic (exact) mass is 276 g/mol. The van der Waals surface area contributed by atoms with E-state index in [9.17, 15) is 4.39 Å². The zero-order chi connectivity index (χ0) is 13.5. The summed E-state index contributed by atoms with van der Waals surface area (Å²) in [4.78, 5) is 0. The smallest absolute Gasteiger partial charge is 0.128 e. The zero-order valence-electron chi connectivity index (χ0n) is 10.6. The van der Waals surface area contributed by atoms with Crippen molar-refractivity contribution in [2.24, 2.45) is 0 Å². The van der Waals surface area contributed by atoms with Crippen LogP contribution in [-0.2, 0) is 11.3 Å². The van der Waals surface area contributed by atoms with E-state index in [-0.39, 0.29) is 11.7 Å². The fraction of sp³-hybridized carbons (Fsp3) is 0.250. The first-order chi connectivity index (χ1) is 9.31. The Morgan fingerprint density at radius 1 is 1.00 bits per heavy atom. The third-order valence-electron chi connectivity index (χ3n) is 3.03. The van der Waals surface area contributed by atoms with Crippen molar-refractivity contribution in [2.45, 2.75) is 12.5 Å². The average Bonchev–Trinajstić information content (AvgIpc) is 2.46. The molecular weight excluding hydrogens is 259 g/mol. The van der Waals surface area contributed by atoms with Crippen molar-refractivity contribution in [1.82, 2.24) is 0 Å². The lowest BCUT2D eigenvalue weighted by Gasteiger charge is -2.15. The molecular formula is C16H17FOS. The largest absolute Gasteiger partial charge is 0.376 e. The molecule has 0 aliphatic heterocycles. The van der Waals surface area contributed by atoms with Crippen molar-refractivity contribution in [3.8, 4) is 0 Å². The molecule has 100 valence electrons. The highest BCUT2D eigenvalue weighted by atomic mass is 32.1. The summed E-state index contributed by atoms with van der Waals surface area (Å²) in [5.74, 6) is 0.724. The number of hydrogen-bond acceptors (Lipinski definition) is 2. The molecule has 0 spiro atoms. The lowest BCUT2D eigenvalue weighted by atomic mass is 10.0. The number of ether oxygens (including phenoxy) is 1. The summed E-state index contributed by atoms with van der Waals surface area (Å²) in [6.07, 6.45) is 0. The normalized spacial score (nSPS) is 12.3. The van der Waals surface area contributed by atoms with Crippen molar-refractivity contribution < 1.29 is 9.13 Å². The molecule has 0 aromatic heterocycles. The van der Waals surface area contributed by atoms with Crippen molar-refractivity contribution in [1.29, 1.82) is 0 Å². The van der Waals surface area contributed by atoms with Crippen molar-refractivity contribution >= 4 is 12.6 Å². The molecule has 3 heteroatoms. The molecule has 2 aromatic rings. The minimum atomic E-state index is -0.218. The lowest BCUT2D eigenvalue weighted by Crippen LogP contribution is -2.10. The summed E-state index contributed by atoms with van der Waals surface area (Å²) in [5.41, 5.74) is 1.79. The highest BCUT2D eigenvalue weighted by Gasteiger charge is 2.10. The van der Waals surface area contributed by atoms with Gasteiger partial charge >= 0.3 is 0 Å². The molecule has 0 heterocycles. The van der Waals surface area contributed by atoms with Gasteiger partial charge in [-0.05, 0) is 17.4 Å². The summed E-state index contributed by atoms with van der Waals surface area (Å²) in [7, 11) is 0. The second kappa shape index (κ2) is 7.31. The molecule has 0 fully saturated rings. The molecule has 2 rings (SSSR count). The predicted octanol–water partition coefficient (Wildman–Crippen LogP) is 4.06. The van der Waals surface area contributed by atoms with Crippen LogP contribution in [0.1, 0.15) is 17.0 Å². The van der Waals surface area contributed by atoms with Crippen molar-refractivity contribution in [3.63, 3.8) is 0 Å². The molecule has 0 N–H and O–H groups in total. The Hall–Kier alpha value is -1.32. The minimum Gasteiger partial charge on any atom is -0.376 e. The third kappa shape index (κ3) is 4.08. The SMILES string of the molecule is Fc1ccccc1COCC(CS)c1ccccc1. The first-order valence-corrected chi connectivity index (χ1v) is 6.91. The van der Waals surface area contributed by atoms with Crippen LogP contribution in [0.2, 0.25) is 0 Å². The Balaban J connectivity index is 1.89. The molecule has 1 unspecified atom stereocenters. The number of hydrogen-bond donors (Lipinski definition) is 1. The fourth-order valence-electron chi connectivity index (χ4n) is 1.91. The van der Waals surface area contributed by atoms with Gasteiger partial charge in [0.25, 0.3) is 0 Å². The molecule has 0 saturated carbocycles. The Kier molecular flexibility index (Phi) is 5.43. The fourth-order valence-corrected chi connectivity index (χ4v) is 2.22. The highest BCUT2D eigenvalue weighted by molar-refractivity contribution is 7.80. The number of thiol groups is 1. The topological polar surface area (TPSA) is 9.23 Å². The van der Waals surface area contributed by atoms with E-state index in [0.717, 1.165) is 0 Å². The summed E-state index contributed by atoms with van der Waals surface area (Å²) >= 11 is 4.35. The van der Waals surface area contributed by atoms with Crippen LogP contribution in [0, 0.1) is 5.82 Å². The molecule has 0 saturated heterocycles. The Morgan fingerprint density at radius 3 is 2.37 bits per heavy atom. The molecule has 0 amide bonds. The first kappa shape index (κ1) is 14.1. The molecule has 1 nitrogen and oxygen atoms in total. The van der Waals surface area contributed by atoms with Gasteiger partial charge in [0, 0.05) is 11.5 Å². The van der Waals surface area contributed by atoms with Crippen LogP contribution < -0.4 is 0 Å². The second-order valence-electron chi connectivity index (χ2n) is 4.40. The summed E-state index contributed by atoms with van der Waals surface area (Å²) in [6.45, 7) is 0.839. The lowest BCUT2D eigenvalue weighted by molar-refractivity contribution is 0.109. The Morgan fingerprint density at radius 2 is 1.68 bits per heavy atom. The van der Waals surface area contributed by atoms with E-state index >= 15 is 0 Å². The van der Waals surface area contributed by atoms with Gasteiger partial charge in [-0.3, -0.25) is 0 Å². The van der Waals surface area contributed by atoms with E-state index in [1.807, 2.05) is 24.3 Å². The van der Waals surface area contributed by atoms with Gasteiger partial charge < -0.3 is 4.74 Å². The van der Waals surface area contributed by atoms with E-state index in [1.165, 1.54) is 11.6 Å². The van der Waals surface area contributed by atoms with Gasteiger partial charge in [-0.2, -0.15) is 12.6 Å². The van der Waals surface area contributed by atoms with Crippen LogP contribution in [0.15, 0.2) is 54.6 Å². The maximum Gasteiger partial charge on any atom is 0.128 e. The zero-order valence-corrected chi connectivity index (χ0v) is 11.5. The van der Waals surface area contributed by atoms with Gasteiger partial charge in [0.15, 0.2) is 0 Å². The molecule has 2 aromatic carbocycles. The van der Waals surface area contributed by atoms with Crippen molar-refractivity contribution in [2.75, 3.05) is 12.4 Å². The number of halogens is 1. The molecule has 0 aliphatic carbocycles. The van der Waals surface area contributed by atoms with E-state index < -0.39 is 0 Å². The number of rotatable bonds is 6.